The van der Waals surface area contributed by atoms with Gasteiger partial charge >= 0.3 is 0 Å². The summed E-state index contributed by atoms with van der Waals surface area (Å²) in [5.41, 5.74) is 0. The third kappa shape index (κ3) is 2.97. The van der Waals surface area contributed by atoms with Gasteiger partial charge in [-0.25, -0.2) is 0 Å². The normalized spacial score (nSPS) is 24.4. The van der Waals surface area contributed by atoms with Crippen LogP contribution in [0.4, 0.5) is 0 Å². The van der Waals surface area contributed by atoms with E-state index in [2.05, 4.69) is 0 Å². The minimum Gasteiger partial charge on any atom is -0.513 e. The maximum Gasteiger partial charge on any atom is 0.102 e. The SMILES string of the molecule is C/C(O)=C\C(O)C(O)C(CO)C1CC1. The van der Waals surface area contributed by atoms with Crippen LogP contribution in [0.1, 0.15) is 19.8 Å². The molecule has 4 nitrogen and oxygen atoms in total. The van der Waals surface area contributed by atoms with Gasteiger partial charge in [-0.2, -0.15) is 0 Å². The highest BCUT2D eigenvalue weighted by atomic mass is 16.3. The number of aliphatic hydroxyl groups excluding tert-OH is 4. The molecule has 4 heteroatoms. The van der Waals surface area contributed by atoms with Gasteiger partial charge in [0.15, 0.2) is 0 Å². The molecule has 0 amide bonds. The standard InChI is InChI=1S/C10H18O4/c1-6(12)4-9(13)10(14)8(5-11)7-2-3-7/h4,7-14H,2-3,5H2,1H3/b6-4+. The molecule has 0 heterocycles. The van der Waals surface area contributed by atoms with Crippen molar-refractivity contribution in [1.29, 1.82) is 0 Å². The molecule has 0 aromatic carbocycles. The molecule has 82 valence electrons. The molecule has 1 aliphatic rings. The molecule has 1 saturated carbocycles. The molecule has 0 aromatic rings. The van der Waals surface area contributed by atoms with E-state index in [0.717, 1.165) is 12.8 Å². The van der Waals surface area contributed by atoms with E-state index in [0.29, 0.717) is 5.92 Å². The second kappa shape index (κ2) is 4.77. The van der Waals surface area contributed by atoms with Gasteiger partial charge < -0.3 is 20.4 Å². The molecule has 3 unspecified atom stereocenters. The summed E-state index contributed by atoms with van der Waals surface area (Å²) in [6.45, 7) is 1.31. The minimum absolute atomic E-state index is 0.0240. The predicted molar refractivity (Wildman–Crippen MR) is 51.7 cm³/mol. The number of aliphatic hydroxyl groups is 4. The molecule has 0 radical (unpaired) electrons. The van der Waals surface area contributed by atoms with E-state index in [1.165, 1.54) is 13.0 Å². The van der Waals surface area contributed by atoms with Crippen molar-refractivity contribution in [2.24, 2.45) is 11.8 Å². The van der Waals surface area contributed by atoms with Crippen molar-refractivity contribution >= 4 is 0 Å². The summed E-state index contributed by atoms with van der Waals surface area (Å²) in [5, 5.41) is 37.1. The maximum absolute atomic E-state index is 9.67. The zero-order chi connectivity index (χ0) is 10.7. The quantitative estimate of drug-likeness (QED) is 0.480. The fourth-order valence-corrected chi connectivity index (χ4v) is 1.66. The van der Waals surface area contributed by atoms with Gasteiger partial charge in [0.05, 0.1) is 11.9 Å². The van der Waals surface area contributed by atoms with Gasteiger partial charge in [0, 0.05) is 12.5 Å². The van der Waals surface area contributed by atoms with Crippen LogP contribution in [0.3, 0.4) is 0 Å². The average molecular weight is 202 g/mol. The Labute approximate surface area is 83.5 Å². The summed E-state index contributed by atoms with van der Waals surface area (Å²) < 4.78 is 0. The Kier molecular flexibility index (Phi) is 3.92. The van der Waals surface area contributed by atoms with Crippen molar-refractivity contribution < 1.29 is 20.4 Å². The molecule has 1 rings (SSSR count). The smallest absolute Gasteiger partial charge is 0.102 e. The van der Waals surface area contributed by atoms with E-state index in [1.54, 1.807) is 0 Å². The Hall–Kier alpha value is -0.580. The van der Waals surface area contributed by atoms with Crippen LogP contribution >= 0.6 is 0 Å². The van der Waals surface area contributed by atoms with Crippen molar-refractivity contribution in [2.45, 2.75) is 32.0 Å². The molecule has 4 N–H and O–H groups in total. The largest absolute Gasteiger partial charge is 0.513 e. The average Bonchev–Trinajstić information content (AvgIpc) is 2.88. The Morgan fingerprint density at radius 2 is 2.00 bits per heavy atom. The Bertz CT molecular complexity index is 206. The van der Waals surface area contributed by atoms with Crippen molar-refractivity contribution in [1.82, 2.24) is 0 Å². The summed E-state index contributed by atoms with van der Waals surface area (Å²) in [7, 11) is 0. The molecular weight excluding hydrogens is 184 g/mol. The van der Waals surface area contributed by atoms with E-state index in [-0.39, 0.29) is 18.3 Å². The zero-order valence-corrected chi connectivity index (χ0v) is 8.30. The van der Waals surface area contributed by atoms with Crippen LogP contribution in [0.5, 0.6) is 0 Å². The van der Waals surface area contributed by atoms with E-state index in [1.807, 2.05) is 0 Å². The number of rotatable bonds is 5. The van der Waals surface area contributed by atoms with Crippen molar-refractivity contribution in [3.8, 4) is 0 Å². The number of allylic oxidation sites excluding steroid dienone is 1. The number of hydrogen-bond donors (Lipinski definition) is 4. The van der Waals surface area contributed by atoms with Gasteiger partial charge in [0.25, 0.3) is 0 Å². The van der Waals surface area contributed by atoms with Gasteiger partial charge in [0.1, 0.15) is 6.10 Å². The summed E-state index contributed by atoms with van der Waals surface area (Å²) in [5.74, 6) is 0.0154. The third-order valence-corrected chi connectivity index (χ3v) is 2.64. The van der Waals surface area contributed by atoms with Crippen LogP contribution in [-0.4, -0.2) is 39.2 Å². The molecule has 0 spiro atoms. The molecule has 0 aromatic heterocycles. The van der Waals surface area contributed by atoms with Crippen LogP contribution in [-0.2, 0) is 0 Å². The predicted octanol–water partition coefficient (Wildman–Crippen LogP) is 0.188. The highest BCUT2D eigenvalue weighted by Crippen LogP contribution is 2.39. The van der Waals surface area contributed by atoms with Crippen LogP contribution in [0.25, 0.3) is 0 Å². The summed E-state index contributed by atoms with van der Waals surface area (Å²) in [6, 6.07) is 0. The van der Waals surface area contributed by atoms with Gasteiger partial charge in [0.2, 0.25) is 0 Å². The first-order valence-corrected chi connectivity index (χ1v) is 4.90. The van der Waals surface area contributed by atoms with Crippen molar-refractivity contribution in [3.63, 3.8) is 0 Å². The van der Waals surface area contributed by atoms with Gasteiger partial charge in [-0.05, 0) is 31.8 Å². The second-order valence-electron chi connectivity index (χ2n) is 3.97. The fraction of sp³-hybridized carbons (Fsp3) is 0.800. The molecule has 14 heavy (non-hydrogen) atoms. The van der Waals surface area contributed by atoms with Gasteiger partial charge in [-0.15, -0.1) is 0 Å². The third-order valence-electron chi connectivity index (χ3n) is 2.64. The van der Waals surface area contributed by atoms with E-state index >= 15 is 0 Å². The molecule has 0 saturated heterocycles. The first-order chi connectivity index (χ1) is 6.56. The van der Waals surface area contributed by atoms with Crippen LogP contribution in [0.15, 0.2) is 11.8 Å². The van der Waals surface area contributed by atoms with Crippen molar-refractivity contribution in [2.75, 3.05) is 6.61 Å². The first kappa shape index (κ1) is 11.5. The Morgan fingerprint density at radius 3 is 2.36 bits per heavy atom. The lowest BCUT2D eigenvalue weighted by atomic mass is 9.93. The first-order valence-electron chi connectivity index (χ1n) is 4.90. The van der Waals surface area contributed by atoms with Gasteiger partial charge in [-0.3, -0.25) is 0 Å². The highest BCUT2D eigenvalue weighted by Gasteiger charge is 2.37. The lowest BCUT2D eigenvalue weighted by Crippen LogP contribution is -2.35. The molecule has 0 bridgehead atoms. The lowest BCUT2D eigenvalue weighted by Gasteiger charge is -2.23. The van der Waals surface area contributed by atoms with Crippen LogP contribution in [0.2, 0.25) is 0 Å². The lowest BCUT2D eigenvalue weighted by molar-refractivity contribution is -0.0193. The Balaban J connectivity index is 2.52. The zero-order valence-electron chi connectivity index (χ0n) is 8.30. The minimum atomic E-state index is -1.10. The van der Waals surface area contributed by atoms with E-state index in [9.17, 15) is 10.2 Å². The monoisotopic (exact) mass is 202 g/mol. The fourth-order valence-electron chi connectivity index (χ4n) is 1.66. The van der Waals surface area contributed by atoms with Gasteiger partial charge in [-0.1, -0.05) is 0 Å². The van der Waals surface area contributed by atoms with Crippen LogP contribution in [0, 0.1) is 11.8 Å². The molecular formula is C10H18O4. The topological polar surface area (TPSA) is 80.9 Å². The number of hydrogen-bond acceptors (Lipinski definition) is 4. The highest BCUT2D eigenvalue weighted by molar-refractivity contribution is 4.99. The van der Waals surface area contributed by atoms with E-state index in [4.69, 9.17) is 10.2 Å². The molecule has 1 aliphatic carbocycles. The van der Waals surface area contributed by atoms with Crippen LogP contribution < -0.4 is 0 Å². The van der Waals surface area contributed by atoms with Crippen molar-refractivity contribution in [3.05, 3.63) is 11.8 Å². The molecule has 3 atom stereocenters. The summed E-state index contributed by atoms with van der Waals surface area (Å²) in [6.07, 6.45) is 1.09. The summed E-state index contributed by atoms with van der Waals surface area (Å²) >= 11 is 0. The van der Waals surface area contributed by atoms with E-state index < -0.39 is 12.2 Å². The second-order valence-corrected chi connectivity index (χ2v) is 3.97. The molecule has 1 fully saturated rings. The molecule has 0 aliphatic heterocycles. The summed E-state index contributed by atoms with van der Waals surface area (Å²) in [4.78, 5) is 0. The Morgan fingerprint density at radius 1 is 1.43 bits per heavy atom. The maximum atomic E-state index is 9.67.